The van der Waals surface area contributed by atoms with Crippen molar-refractivity contribution < 1.29 is 9.53 Å². The fourth-order valence-corrected chi connectivity index (χ4v) is 2.58. The van der Waals surface area contributed by atoms with E-state index >= 15 is 0 Å². The average Bonchev–Trinajstić information content (AvgIpc) is 2.50. The second-order valence-corrected chi connectivity index (χ2v) is 6.45. The SMILES string of the molecule is CC(C)Oc1ccccc1C(=O)NC(=S)Nc1ccc(Cl)cc1Cl. The number of amides is 1. The van der Waals surface area contributed by atoms with Gasteiger partial charge in [-0.05, 0) is 56.4 Å². The summed E-state index contributed by atoms with van der Waals surface area (Å²) in [6.45, 7) is 3.78. The molecule has 0 aliphatic carbocycles. The van der Waals surface area contributed by atoms with E-state index in [9.17, 15) is 4.79 Å². The largest absolute Gasteiger partial charge is 0.490 e. The molecule has 2 rings (SSSR count). The predicted octanol–water partition coefficient (Wildman–Crippen LogP) is 4.91. The molecule has 0 bridgehead atoms. The molecular formula is C17H16Cl2N2O2S. The van der Waals surface area contributed by atoms with Crippen LogP contribution in [-0.2, 0) is 0 Å². The highest BCUT2D eigenvalue weighted by Crippen LogP contribution is 2.25. The summed E-state index contributed by atoms with van der Waals surface area (Å²) in [7, 11) is 0. The van der Waals surface area contributed by atoms with E-state index in [4.69, 9.17) is 40.2 Å². The Morgan fingerprint density at radius 2 is 1.88 bits per heavy atom. The molecule has 126 valence electrons. The minimum absolute atomic E-state index is 0.0445. The Morgan fingerprint density at radius 1 is 1.17 bits per heavy atom. The molecule has 2 N–H and O–H groups in total. The molecule has 0 saturated carbocycles. The normalized spacial score (nSPS) is 10.4. The zero-order chi connectivity index (χ0) is 17.7. The molecule has 0 unspecified atom stereocenters. The van der Waals surface area contributed by atoms with Gasteiger partial charge in [0.2, 0.25) is 0 Å². The summed E-state index contributed by atoms with van der Waals surface area (Å²) >= 11 is 17.1. The standard InChI is InChI=1S/C17H16Cl2N2O2S/c1-10(2)23-15-6-4-3-5-12(15)16(22)21-17(24)20-14-8-7-11(18)9-13(14)19/h3-10H,1-2H3,(H2,20,21,22,24). The third-order valence-electron chi connectivity index (χ3n) is 2.90. The Balaban J connectivity index is 2.08. The number of ether oxygens (including phenoxy) is 1. The maximum atomic E-state index is 12.4. The van der Waals surface area contributed by atoms with Crippen LogP contribution in [-0.4, -0.2) is 17.1 Å². The number of benzene rings is 2. The third-order valence-corrected chi connectivity index (χ3v) is 3.65. The minimum Gasteiger partial charge on any atom is -0.490 e. The monoisotopic (exact) mass is 382 g/mol. The lowest BCUT2D eigenvalue weighted by atomic mass is 10.2. The van der Waals surface area contributed by atoms with Crippen LogP contribution in [0.4, 0.5) is 5.69 Å². The highest BCUT2D eigenvalue weighted by atomic mass is 35.5. The van der Waals surface area contributed by atoms with Gasteiger partial charge in [-0.25, -0.2) is 0 Å². The summed E-state index contributed by atoms with van der Waals surface area (Å²) < 4.78 is 5.64. The van der Waals surface area contributed by atoms with Gasteiger partial charge in [0, 0.05) is 5.02 Å². The minimum atomic E-state index is -0.367. The van der Waals surface area contributed by atoms with Gasteiger partial charge in [0.05, 0.1) is 22.4 Å². The first kappa shape index (κ1) is 18.5. The number of thiocarbonyl (C=S) groups is 1. The summed E-state index contributed by atoms with van der Waals surface area (Å²) in [6, 6.07) is 11.9. The molecule has 2 aromatic carbocycles. The molecule has 24 heavy (non-hydrogen) atoms. The molecule has 0 aliphatic rings. The van der Waals surface area contributed by atoms with Crippen molar-refractivity contribution in [1.82, 2.24) is 5.32 Å². The van der Waals surface area contributed by atoms with Crippen LogP contribution in [0.3, 0.4) is 0 Å². The smallest absolute Gasteiger partial charge is 0.261 e. The van der Waals surface area contributed by atoms with E-state index in [0.717, 1.165) is 0 Å². The predicted molar refractivity (Wildman–Crippen MR) is 102 cm³/mol. The number of carbonyl (C=O) groups excluding carboxylic acids is 1. The van der Waals surface area contributed by atoms with Crippen LogP contribution in [0, 0.1) is 0 Å². The topological polar surface area (TPSA) is 50.4 Å². The van der Waals surface area contributed by atoms with Crippen LogP contribution in [0.2, 0.25) is 10.0 Å². The summed E-state index contributed by atoms with van der Waals surface area (Å²) in [5.41, 5.74) is 0.954. The van der Waals surface area contributed by atoms with Crippen LogP contribution in [0.1, 0.15) is 24.2 Å². The second-order valence-electron chi connectivity index (χ2n) is 5.20. The molecule has 0 heterocycles. The van der Waals surface area contributed by atoms with Crippen molar-refractivity contribution in [3.63, 3.8) is 0 Å². The van der Waals surface area contributed by atoms with E-state index in [2.05, 4.69) is 10.6 Å². The van der Waals surface area contributed by atoms with Gasteiger partial charge in [-0.2, -0.15) is 0 Å². The summed E-state index contributed by atoms with van der Waals surface area (Å²) in [6.07, 6.45) is -0.0445. The van der Waals surface area contributed by atoms with Crippen molar-refractivity contribution in [2.24, 2.45) is 0 Å². The van der Waals surface area contributed by atoms with E-state index in [1.165, 1.54) is 0 Å². The van der Waals surface area contributed by atoms with Crippen LogP contribution < -0.4 is 15.4 Å². The van der Waals surface area contributed by atoms with Crippen LogP contribution in [0.5, 0.6) is 5.75 Å². The Kier molecular flexibility index (Phi) is 6.43. The highest BCUT2D eigenvalue weighted by Gasteiger charge is 2.15. The summed E-state index contributed by atoms with van der Waals surface area (Å²) in [5, 5.41) is 6.52. The fraction of sp³-hybridized carbons (Fsp3) is 0.176. The molecule has 0 fully saturated rings. The maximum absolute atomic E-state index is 12.4. The molecule has 0 spiro atoms. The number of carbonyl (C=O) groups is 1. The van der Waals surface area contributed by atoms with E-state index < -0.39 is 0 Å². The molecule has 0 radical (unpaired) electrons. The number of halogens is 2. The Bertz CT molecular complexity index is 766. The quantitative estimate of drug-likeness (QED) is 0.737. The molecule has 0 aliphatic heterocycles. The van der Waals surface area contributed by atoms with E-state index in [1.54, 1.807) is 42.5 Å². The molecule has 0 saturated heterocycles. The first-order chi connectivity index (χ1) is 11.4. The molecule has 1 amide bonds. The van der Waals surface area contributed by atoms with Crippen LogP contribution in [0.15, 0.2) is 42.5 Å². The summed E-state index contributed by atoms with van der Waals surface area (Å²) in [5.74, 6) is 0.131. The number of hydrogen-bond acceptors (Lipinski definition) is 3. The lowest BCUT2D eigenvalue weighted by Gasteiger charge is -2.15. The lowest BCUT2D eigenvalue weighted by Crippen LogP contribution is -2.34. The second kappa shape index (κ2) is 8.33. The first-order valence-electron chi connectivity index (χ1n) is 7.20. The van der Waals surface area contributed by atoms with E-state index in [-0.39, 0.29) is 17.1 Å². The Labute approximate surface area is 156 Å². The van der Waals surface area contributed by atoms with Gasteiger partial charge in [-0.15, -0.1) is 0 Å². The number of nitrogens with one attached hydrogen (secondary N) is 2. The fourth-order valence-electron chi connectivity index (χ4n) is 1.93. The van der Waals surface area contributed by atoms with Crippen LogP contribution >= 0.6 is 35.4 Å². The molecule has 0 aromatic heterocycles. The van der Waals surface area contributed by atoms with Gasteiger partial charge >= 0.3 is 0 Å². The van der Waals surface area contributed by atoms with Gasteiger partial charge in [0.25, 0.3) is 5.91 Å². The first-order valence-corrected chi connectivity index (χ1v) is 8.36. The van der Waals surface area contributed by atoms with Crippen molar-refractivity contribution in [3.05, 3.63) is 58.1 Å². The van der Waals surface area contributed by atoms with Crippen molar-refractivity contribution in [2.45, 2.75) is 20.0 Å². The number of rotatable bonds is 4. The van der Waals surface area contributed by atoms with Crippen molar-refractivity contribution in [2.75, 3.05) is 5.32 Å². The Morgan fingerprint density at radius 3 is 2.54 bits per heavy atom. The molecule has 0 atom stereocenters. The van der Waals surface area contributed by atoms with Crippen molar-refractivity contribution >= 4 is 52.1 Å². The van der Waals surface area contributed by atoms with Gasteiger partial charge in [-0.1, -0.05) is 35.3 Å². The Hall–Kier alpha value is -1.82. The average molecular weight is 383 g/mol. The number of para-hydroxylation sites is 1. The van der Waals surface area contributed by atoms with Gasteiger partial charge < -0.3 is 10.1 Å². The van der Waals surface area contributed by atoms with E-state index in [0.29, 0.717) is 27.0 Å². The third kappa shape index (κ3) is 5.09. The highest BCUT2D eigenvalue weighted by molar-refractivity contribution is 7.80. The number of anilines is 1. The molecule has 4 nitrogen and oxygen atoms in total. The van der Waals surface area contributed by atoms with Crippen molar-refractivity contribution in [3.8, 4) is 5.75 Å². The van der Waals surface area contributed by atoms with Gasteiger partial charge in [-0.3, -0.25) is 10.1 Å². The molecule has 2 aromatic rings. The lowest BCUT2D eigenvalue weighted by molar-refractivity contribution is 0.0972. The zero-order valence-electron chi connectivity index (χ0n) is 13.1. The van der Waals surface area contributed by atoms with E-state index in [1.807, 2.05) is 13.8 Å². The van der Waals surface area contributed by atoms with Gasteiger partial charge in [0.15, 0.2) is 5.11 Å². The molecule has 7 heteroatoms. The summed E-state index contributed by atoms with van der Waals surface area (Å²) in [4.78, 5) is 12.4. The number of hydrogen-bond donors (Lipinski definition) is 2. The molecular weight excluding hydrogens is 367 g/mol. The van der Waals surface area contributed by atoms with Crippen LogP contribution in [0.25, 0.3) is 0 Å². The maximum Gasteiger partial charge on any atom is 0.261 e. The van der Waals surface area contributed by atoms with Gasteiger partial charge in [0.1, 0.15) is 5.75 Å². The van der Waals surface area contributed by atoms with Crippen molar-refractivity contribution in [1.29, 1.82) is 0 Å². The zero-order valence-corrected chi connectivity index (χ0v) is 15.4.